The van der Waals surface area contributed by atoms with Gasteiger partial charge in [0.1, 0.15) is 0 Å². The van der Waals surface area contributed by atoms with Gasteiger partial charge in [-0.25, -0.2) is 0 Å². The Bertz CT molecular complexity index is 349. The summed E-state index contributed by atoms with van der Waals surface area (Å²) in [6.07, 6.45) is 3.36. The topological polar surface area (TPSA) is 0 Å². The summed E-state index contributed by atoms with van der Waals surface area (Å²) in [7, 11) is 0. The monoisotopic (exact) mass is 213 g/mol. The van der Waals surface area contributed by atoms with Crippen LogP contribution < -0.4 is 5.46 Å². The van der Waals surface area contributed by atoms with Gasteiger partial charge in [0, 0.05) is 0 Å². The van der Waals surface area contributed by atoms with E-state index in [-0.39, 0.29) is 5.41 Å². The molecule has 1 aromatic rings. The fourth-order valence-electron chi connectivity index (χ4n) is 2.10. The van der Waals surface area contributed by atoms with Crippen LogP contribution in [0.5, 0.6) is 0 Å². The molecule has 0 amide bonds. The van der Waals surface area contributed by atoms with E-state index in [4.69, 9.17) is 0 Å². The molecule has 0 bridgehead atoms. The number of benzene rings is 1. The molecule has 2 rings (SSSR count). The van der Waals surface area contributed by atoms with Crippen molar-refractivity contribution in [3.63, 3.8) is 0 Å². The van der Waals surface area contributed by atoms with Crippen LogP contribution in [0.4, 0.5) is 12.9 Å². The first-order chi connectivity index (χ1) is 6.92. The highest BCUT2D eigenvalue weighted by molar-refractivity contribution is 6.73. The van der Waals surface area contributed by atoms with Gasteiger partial charge in [-0.05, 0) is 23.8 Å². The predicted octanol–water partition coefficient (Wildman–Crippen LogP) is 3.18. The summed E-state index contributed by atoms with van der Waals surface area (Å²) < 4.78 is 37.1. The van der Waals surface area contributed by atoms with Gasteiger partial charge in [-0.1, -0.05) is 37.6 Å². The molecule has 0 N–H and O–H groups in total. The molecule has 0 unspecified atom stereocenters. The average Bonchev–Trinajstić information content (AvgIpc) is 2.13. The van der Waals surface area contributed by atoms with Crippen LogP contribution in [0.3, 0.4) is 0 Å². The van der Waals surface area contributed by atoms with Gasteiger partial charge in [0.2, 0.25) is 0 Å². The van der Waals surface area contributed by atoms with Crippen LogP contribution in [-0.4, -0.2) is 6.98 Å². The Morgan fingerprint density at radius 1 is 1.07 bits per heavy atom. The van der Waals surface area contributed by atoms with Crippen LogP contribution in [-0.2, 0) is 5.41 Å². The van der Waals surface area contributed by atoms with Gasteiger partial charge in [0.15, 0.2) is 0 Å². The Kier molecular flexibility index (Phi) is 2.32. The molecule has 0 spiro atoms. The minimum Gasteiger partial charge on any atom is -0.445 e. The quantitative estimate of drug-likeness (QED) is 0.661. The van der Waals surface area contributed by atoms with Gasteiger partial charge < -0.3 is 12.9 Å². The molecule has 1 saturated carbocycles. The number of hydrogen-bond acceptors (Lipinski definition) is 0. The van der Waals surface area contributed by atoms with E-state index < -0.39 is 12.4 Å². The van der Waals surface area contributed by atoms with Crippen LogP contribution in [0.2, 0.25) is 0 Å². The lowest BCUT2D eigenvalue weighted by Crippen LogP contribution is -2.35. The van der Waals surface area contributed by atoms with Crippen molar-refractivity contribution < 1.29 is 12.9 Å². The maximum Gasteiger partial charge on any atom is 0.509 e. The zero-order valence-electron chi connectivity index (χ0n) is 8.64. The highest BCUT2D eigenvalue weighted by atomic mass is 19.4. The van der Waals surface area contributed by atoms with E-state index in [1.165, 1.54) is 18.6 Å². The summed E-state index contributed by atoms with van der Waals surface area (Å²) in [6.45, 7) is -2.73. The summed E-state index contributed by atoms with van der Waals surface area (Å²) in [6, 6.07) is 5.67. The molecular formula is C11H13BF3-. The first-order valence-corrected chi connectivity index (χ1v) is 5.22. The van der Waals surface area contributed by atoms with Crippen molar-refractivity contribution in [2.45, 2.75) is 31.6 Å². The maximum absolute atomic E-state index is 12.4. The van der Waals surface area contributed by atoms with Crippen LogP contribution in [0.15, 0.2) is 24.3 Å². The minimum absolute atomic E-state index is 0.122. The zero-order chi connectivity index (χ0) is 11.1. The third-order valence-corrected chi connectivity index (χ3v) is 3.44. The maximum atomic E-state index is 12.4. The third-order valence-electron chi connectivity index (χ3n) is 3.44. The van der Waals surface area contributed by atoms with Gasteiger partial charge in [0.05, 0.1) is 0 Å². The molecule has 0 saturated heterocycles. The number of hydrogen-bond donors (Lipinski definition) is 0. The molecule has 82 valence electrons. The standard InChI is InChI=1S/C11H13BF3/c1-11(7-2-8-11)9-3-5-10(6-4-9)12(13,14)15/h3-6H,2,7-8H2,1H3/q-1. The van der Waals surface area contributed by atoms with Gasteiger partial charge >= 0.3 is 6.98 Å². The van der Waals surface area contributed by atoms with Gasteiger partial charge in [-0.3, -0.25) is 0 Å². The van der Waals surface area contributed by atoms with E-state index in [0.717, 1.165) is 18.4 Å². The summed E-state index contributed by atoms with van der Waals surface area (Å²) in [4.78, 5) is 0. The van der Waals surface area contributed by atoms with Gasteiger partial charge in [-0.2, -0.15) is 0 Å². The summed E-state index contributed by atoms with van der Waals surface area (Å²) in [5.74, 6) is 0. The molecule has 0 aliphatic heterocycles. The molecule has 1 fully saturated rings. The molecule has 4 heteroatoms. The van der Waals surface area contributed by atoms with Crippen molar-refractivity contribution in [3.8, 4) is 0 Å². The van der Waals surface area contributed by atoms with Gasteiger partial charge in [0.25, 0.3) is 0 Å². The van der Waals surface area contributed by atoms with E-state index in [0.29, 0.717) is 0 Å². The van der Waals surface area contributed by atoms with Crippen molar-refractivity contribution in [1.82, 2.24) is 0 Å². The van der Waals surface area contributed by atoms with Crippen molar-refractivity contribution in [2.75, 3.05) is 0 Å². The molecule has 0 atom stereocenters. The number of rotatable bonds is 2. The molecule has 0 heterocycles. The van der Waals surface area contributed by atoms with Gasteiger partial charge in [-0.15, -0.1) is 5.46 Å². The van der Waals surface area contributed by atoms with Crippen molar-refractivity contribution >= 4 is 12.4 Å². The zero-order valence-corrected chi connectivity index (χ0v) is 8.64. The molecule has 1 aromatic carbocycles. The largest absolute Gasteiger partial charge is 0.509 e. The fraction of sp³-hybridized carbons (Fsp3) is 0.455. The second-order valence-corrected chi connectivity index (χ2v) is 4.61. The first-order valence-electron chi connectivity index (χ1n) is 5.22. The van der Waals surface area contributed by atoms with Crippen LogP contribution in [0.25, 0.3) is 0 Å². The second kappa shape index (κ2) is 3.29. The highest BCUT2D eigenvalue weighted by Crippen LogP contribution is 2.42. The molecule has 1 aliphatic rings. The molecular weight excluding hydrogens is 200 g/mol. The van der Waals surface area contributed by atoms with Crippen LogP contribution >= 0.6 is 0 Å². The second-order valence-electron chi connectivity index (χ2n) is 4.61. The lowest BCUT2D eigenvalue weighted by Gasteiger charge is -2.39. The molecule has 0 radical (unpaired) electrons. The van der Waals surface area contributed by atoms with E-state index in [1.807, 2.05) is 0 Å². The predicted molar refractivity (Wildman–Crippen MR) is 56.4 cm³/mol. The van der Waals surface area contributed by atoms with E-state index >= 15 is 0 Å². The Balaban J connectivity index is 2.24. The average molecular weight is 213 g/mol. The Morgan fingerprint density at radius 2 is 1.60 bits per heavy atom. The lowest BCUT2D eigenvalue weighted by atomic mass is 9.65. The van der Waals surface area contributed by atoms with Crippen molar-refractivity contribution in [1.29, 1.82) is 0 Å². The molecule has 1 aliphatic carbocycles. The Morgan fingerprint density at radius 3 is 1.93 bits per heavy atom. The normalized spacial score (nSPS) is 19.7. The minimum atomic E-state index is -4.85. The summed E-state index contributed by atoms with van der Waals surface area (Å²) >= 11 is 0. The first kappa shape index (κ1) is 10.6. The molecule has 0 nitrogen and oxygen atoms in total. The van der Waals surface area contributed by atoms with Crippen molar-refractivity contribution in [3.05, 3.63) is 29.8 Å². The highest BCUT2D eigenvalue weighted by Gasteiger charge is 2.34. The smallest absolute Gasteiger partial charge is 0.445 e. The van der Waals surface area contributed by atoms with Crippen molar-refractivity contribution in [2.24, 2.45) is 0 Å². The van der Waals surface area contributed by atoms with Crippen LogP contribution in [0, 0.1) is 0 Å². The van der Waals surface area contributed by atoms with E-state index in [2.05, 4.69) is 6.92 Å². The van der Waals surface area contributed by atoms with E-state index in [9.17, 15) is 12.9 Å². The number of halogens is 3. The third kappa shape index (κ3) is 1.90. The summed E-state index contributed by atoms with van der Waals surface area (Å²) in [5.41, 5.74) is 0.663. The summed E-state index contributed by atoms with van der Waals surface area (Å²) in [5, 5.41) is 0. The molecule has 0 aromatic heterocycles. The van der Waals surface area contributed by atoms with E-state index in [1.54, 1.807) is 12.1 Å². The fourth-order valence-corrected chi connectivity index (χ4v) is 2.10. The lowest BCUT2D eigenvalue weighted by molar-refractivity contribution is 0.272. The molecule has 15 heavy (non-hydrogen) atoms. The Hall–Kier alpha value is -0.925. The van der Waals surface area contributed by atoms with Crippen LogP contribution in [0.1, 0.15) is 31.7 Å². The SMILES string of the molecule is CC1(c2ccc([B-](F)(F)F)cc2)CCC1. The Labute approximate surface area is 87.6 Å².